The van der Waals surface area contributed by atoms with Gasteiger partial charge in [-0.3, -0.25) is 4.79 Å². The van der Waals surface area contributed by atoms with Crippen LogP contribution < -0.4 is 5.32 Å². The molecular weight excluding hydrogens is 310 g/mol. The van der Waals surface area contributed by atoms with E-state index < -0.39 is 17.4 Å². The number of urea groups is 1. The number of carboxylic acids is 1. The predicted octanol–water partition coefficient (Wildman–Crippen LogP) is 1.78. The van der Waals surface area contributed by atoms with Crippen molar-refractivity contribution < 1.29 is 19.5 Å². The lowest BCUT2D eigenvalue weighted by atomic mass is 9.86. The molecule has 7 nitrogen and oxygen atoms in total. The van der Waals surface area contributed by atoms with Crippen LogP contribution in [-0.2, 0) is 9.59 Å². The van der Waals surface area contributed by atoms with Crippen LogP contribution >= 0.6 is 0 Å². The minimum absolute atomic E-state index is 0.0527. The van der Waals surface area contributed by atoms with Crippen LogP contribution in [0.15, 0.2) is 0 Å². The van der Waals surface area contributed by atoms with E-state index in [0.29, 0.717) is 32.6 Å². The Morgan fingerprint density at radius 3 is 2.29 bits per heavy atom. The van der Waals surface area contributed by atoms with E-state index in [4.69, 9.17) is 0 Å². The van der Waals surface area contributed by atoms with Gasteiger partial charge in [-0.25, -0.2) is 9.59 Å². The number of rotatable bonds is 5. The molecule has 0 spiro atoms. The van der Waals surface area contributed by atoms with Gasteiger partial charge >= 0.3 is 12.0 Å². The van der Waals surface area contributed by atoms with E-state index in [2.05, 4.69) is 5.32 Å². The maximum Gasteiger partial charge on any atom is 0.326 e. The number of carbonyl (C=O) groups is 3. The van der Waals surface area contributed by atoms with Crippen LogP contribution in [0.4, 0.5) is 4.79 Å². The first-order chi connectivity index (χ1) is 11.1. The van der Waals surface area contributed by atoms with E-state index >= 15 is 0 Å². The Labute approximate surface area is 144 Å². The van der Waals surface area contributed by atoms with Crippen LogP contribution in [-0.4, -0.2) is 65.0 Å². The van der Waals surface area contributed by atoms with Gasteiger partial charge in [0.05, 0.1) is 5.92 Å². The minimum Gasteiger partial charge on any atom is -0.480 e. The smallest absolute Gasteiger partial charge is 0.326 e. The van der Waals surface area contributed by atoms with Crippen LogP contribution in [0.25, 0.3) is 0 Å². The number of carboxylic acid groups (broad SMARTS) is 1. The fourth-order valence-electron chi connectivity index (χ4n) is 2.97. The number of hydrogen-bond donors (Lipinski definition) is 2. The van der Waals surface area contributed by atoms with E-state index in [-0.39, 0.29) is 17.9 Å². The quantitative estimate of drug-likeness (QED) is 0.797. The van der Waals surface area contributed by atoms with Crippen LogP contribution in [0.1, 0.15) is 47.5 Å². The normalized spacial score (nSPS) is 19.5. The number of nitrogens with one attached hydrogen (secondary N) is 1. The number of amides is 3. The fourth-order valence-corrected chi connectivity index (χ4v) is 2.97. The Balaban J connectivity index is 2.74. The van der Waals surface area contributed by atoms with Gasteiger partial charge in [0, 0.05) is 26.2 Å². The van der Waals surface area contributed by atoms with Gasteiger partial charge in [0.15, 0.2) is 0 Å². The number of aliphatic carboxylic acids is 1. The zero-order valence-electron chi connectivity index (χ0n) is 15.5. The summed E-state index contributed by atoms with van der Waals surface area (Å²) in [7, 11) is 0. The Hall–Kier alpha value is -1.79. The number of carbonyl (C=O) groups excluding carboxylic acids is 2. The summed E-state index contributed by atoms with van der Waals surface area (Å²) in [6.45, 7) is 11.4. The Morgan fingerprint density at radius 1 is 1.25 bits per heavy atom. The molecule has 24 heavy (non-hydrogen) atoms. The third kappa shape index (κ3) is 5.11. The standard InChI is InChI=1S/C17H31N3O4/c1-6-19(7-2)16(24)20-10-8-9-12(11-20)14(21)18-13(15(22)23)17(3,4)5/h12-13H,6-11H2,1-5H3,(H,18,21)(H,22,23)/t12?,13-/m1/s1. The van der Waals surface area contributed by atoms with Crippen molar-refractivity contribution in [1.29, 1.82) is 0 Å². The molecule has 1 saturated heterocycles. The van der Waals surface area contributed by atoms with Crippen molar-refractivity contribution in [3.8, 4) is 0 Å². The summed E-state index contributed by atoms with van der Waals surface area (Å²) in [4.78, 5) is 39.8. The van der Waals surface area contributed by atoms with Crippen molar-refractivity contribution in [2.24, 2.45) is 11.3 Å². The topological polar surface area (TPSA) is 90.0 Å². The molecule has 0 aliphatic carbocycles. The number of piperidine rings is 1. The molecule has 3 amide bonds. The summed E-state index contributed by atoms with van der Waals surface area (Å²) in [5.74, 6) is -1.68. The molecule has 0 aromatic rings. The number of nitrogens with zero attached hydrogens (tertiary/aromatic N) is 2. The van der Waals surface area contributed by atoms with Crippen molar-refractivity contribution in [2.45, 2.75) is 53.5 Å². The average molecular weight is 341 g/mol. The van der Waals surface area contributed by atoms with Gasteiger partial charge in [-0.05, 0) is 32.1 Å². The van der Waals surface area contributed by atoms with Gasteiger partial charge in [0.1, 0.15) is 6.04 Å². The average Bonchev–Trinajstić information content (AvgIpc) is 2.52. The second-order valence-electron chi connectivity index (χ2n) is 7.39. The van der Waals surface area contributed by atoms with Gasteiger partial charge in [-0.2, -0.15) is 0 Å². The molecule has 0 aromatic carbocycles. The monoisotopic (exact) mass is 341 g/mol. The van der Waals surface area contributed by atoms with Gasteiger partial charge in [-0.15, -0.1) is 0 Å². The zero-order valence-corrected chi connectivity index (χ0v) is 15.5. The van der Waals surface area contributed by atoms with Crippen molar-refractivity contribution in [2.75, 3.05) is 26.2 Å². The number of likely N-dealkylation sites (tertiary alicyclic amines) is 1. The molecule has 2 atom stereocenters. The lowest BCUT2D eigenvalue weighted by Crippen LogP contribution is -2.54. The summed E-state index contributed by atoms with van der Waals surface area (Å²) >= 11 is 0. The Kier molecular flexibility index (Phi) is 7.05. The lowest BCUT2D eigenvalue weighted by Gasteiger charge is -2.36. The molecule has 1 aliphatic rings. The van der Waals surface area contributed by atoms with Crippen molar-refractivity contribution >= 4 is 17.9 Å². The second kappa shape index (κ2) is 8.35. The summed E-state index contributed by atoms with van der Waals surface area (Å²) in [5, 5.41) is 12.0. The first kappa shape index (κ1) is 20.3. The summed E-state index contributed by atoms with van der Waals surface area (Å²) in [6, 6.07) is -0.998. The van der Waals surface area contributed by atoms with Crippen molar-refractivity contribution in [1.82, 2.24) is 15.1 Å². The highest BCUT2D eigenvalue weighted by Gasteiger charge is 2.36. The van der Waals surface area contributed by atoms with Crippen LogP contribution in [0.3, 0.4) is 0 Å². The molecule has 1 rings (SSSR count). The minimum atomic E-state index is -1.04. The van der Waals surface area contributed by atoms with Crippen molar-refractivity contribution in [3.63, 3.8) is 0 Å². The maximum absolute atomic E-state index is 12.5. The lowest BCUT2D eigenvalue weighted by molar-refractivity contribution is -0.145. The third-order valence-corrected chi connectivity index (χ3v) is 4.50. The highest BCUT2D eigenvalue weighted by molar-refractivity contribution is 5.86. The van der Waals surface area contributed by atoms with Crippen LogP contribution in [0.5, 0.6) is 0 Å². The molecule has 138 valence electrons. The molecule has 2 N–H and O–H groups in total. The summed E-state index contributed by atoms with van der Waals surface area (Å²) < 4.78 is 0. The third-order valence-electron chi connectivity index (χ3n) is 4.50. The molecule has 7 heteroatoms. The molecule has 1 unspecified atom stereocenters. The van der Waals surface area contributed by atoms with Crippen LogP contribution in [0.2, 0.25) is 0 Å². The SMILES string of the molecule is CCN(CC)C(=O)N1CCCC(C(=O)N[C@H](C(=O)O)C(C)(C)C)C1. The first-order valence-electron chi connectivity index (χ1n) is 8.68. The summed E-state index contributed by atoms with van der Waals surface area (Å²) in [6.07, 6.45) is 1.42. The molecule has 1 aliphatic heterocycles. The fraction of sp³-hybridized carbons (Fsp3) is 0.824. The summed E-state index contributed by atoms with van der Waals surface area (Å²) in [5.41, 5.74) is -0.577. The molecule has 0 bridgehead atoms. The predicted molar refractivity (Wildman–Crippen MR) is 91.6 cm³/mol. The molecule has 0 aromatic heterocycles. The highest BCUT2D eigenvalue weighted by atomic mass is 16.4. The molecule has 0 radical (unpaired) electrons. The van der Waals surface area contributed by atoms with E-state index in [0.717, 1.165) is 6.42 Å². The molecular formula is C17H31N3O4. The largest absolute Gasteiger partial charge is 0.480 e. The van der Waals surface area contributed by atoms with Gasteiger partial charge in [0.2, 0.25) is 5.91 Å². The second-order valence-corrected chi connectivity index (χ2v) is 7.39. The Morgan fingerprint density at radius 2 is 1.83 bits per heavy atom. The van der Waals surface area contributed by atoms with Gasteiger partial charge in [-0.1, -0.05) is 20.8 Å². The van der Waals surface area contributed by atoms with Gasteiger partial charge in [0.25, 0.3) is 0 Å². The Bertz CT molecular complexity index is 469. The van der Waals surface area contributed by atoms with E-state index in [9.17, 15) is 19.5 Å². The highest BCUT2D eigenvalue weighted by Crippen LogP contribution is 2.22. The van der Waals surface area contributed by atoms with E-state index in [1.165, 1.54) is 0 Å². The molecule has 0 saturated carbocycles. The van der Waals surface area contributed by atoms with Gasteiger partial charge < -0.3 is 20.2 Å². The van der Waals surface area contributed by atoms with Crippen molar-refractivity contribution in [3.05, 3.63) is 0 Å². The molecule has 1 heterocycles. The van der Waals surface area contributed by atoms with E-state index in [1.54, 1.807) is 30.6 Å². The van der Waals surface area contributed by atoms with Crippen LogP contribution in [0, 0.1) is 11.3 Å². The van der Waals surface area contributed by atoms with E-state index in [1.807, 2.05) is 13.8 Å². The molecule has 1 fully saturated rings. The number of hydrogen-bond acceptors (Lipinski definition) is 3. The zero-order chi connectivity index (χ0) is 18.5. The first-order valence-corrected chi connectivity index (χ1v) is 8.68. The maximum atomic E-state index is 12.5.